The largest absolute Gasteiger partial charge is 0.379 e. The highest BCUT2D eigenvalue weighted by molar-refractivity contribution is 4.84. The van der Waals surface area contributed by atoms with E-state index < -0.39 is 29.8 Å². The van der Waals surface area contributed by atoms with Gasteiger partial charge < -0.3 is 33.2 Å². The first kappa shape index (κ1) is 33.6. The van der Waals surface area contributed by atoms with Crippen LogP contribution in [0.25, 0.3) is 0 Å². The molecule has 0 spiro atoms. The zero-order chi connectivity index (χ0) is 26.3. The Morgan fingerprint density at radius 2 is 1.44 bits per heavy atom. The molecule has 0 radical (unpaired) electrons. The minimum absolute atomic E-state index is 0.170. The van der Waals surface area contributed by atoms with Crippen LogP contribution in [0.5, 0.6) is 0 Å². The fourth-order valence-corrected chi connectivity index (χ4v) is 3.07. The van der Waals surface area contributed by atoms with Crippen molar-refractivity contribution in [3.8, 4) is 0 Å². The van der Waals surface area contributed by atoms with Crippen LogP contribution < -0.4 is 0 Å². The van der Waals surface area contributed by atoms with Crippen LogP contribution in [0, 0.1) is 5.41 Å². The molecular weight excluding hydrogens is 444 g/mol. The van der Waals surface area contributed by atoms with Gasteiger partial charge in [-0.2, -0.15) is 0 Å². The second-order valence-corrected chi connectivity index (χ2v) is 9.29. The first-order valence-corrected chi connectivity index (χ1v) is 12.4. The third kappa shape index (κ3) is 12.1. The molecule has 0 aliphatic rings. The molecule has 0 aliphatic heterocycles. The van der Waals surface area contributed by atoms with Crippen molar-refractivity contribution < 1.29 is 42.6 Å². The summed E-state index contributed by atoms with van der Waals surface area (Å²) in [5.74, 6) is -2.66. The van der Waals surface area contributed by atoms with Gasteiger partial charge in [0.05, 0.1) is 37.9 Å². The Morgan fingerprint density at radius 3 is 1.94 bits per heavy atom. The summed E-state index contributed by atoms with van der Waals surface area (Å²) in [7, 11) is 4.67. The molecule has 0 saturated carbocycles. The Bertz CT molecular complexity index is 497. The van der Waals surface area contributed by atoms with Gasteiger partial charge in [-0.3, -0.25) is 9.47 Å². The quantitative estimate of drug-likeness (QED) is 0.156. The average molecular weight is 497 g/mol. The first-order valence-electron chi connectivity index (χ1n) is 12.4. The molecule has 0 bridgehead atoms. The molecular formula is C25H52O9. The molecule has 0 heterocycles. The molecule has 0 aromatic heterocycles. The highest BCUT2D eigenvalue weighted by atomic mass is 16.9. The van der Waals surface area contributed by atoms with Crippen LogP contribution in [0.4, 0.5) is 0 Å². The molecule has 0 amide bonds. The predicted molar refractivity (Wildman–Crippen MR) is 130 cm³/mol. The maximum absolute atomic E-state index is 6.41. The summed E-state index contributed by atoms with van der Waals surface area (Å²) in [4.78, 5) is 0. The number of hydrogen-bond donors (Lipinski definition) is 0. The SMILES string of the molecule is CCCOC(C)OCC(C)(C)[C@](OCCOC(CC)CC)(OC(COC)OC)OC(C)(C)OC. The standard InChI is InChI=1S/C25H52O9/c1-12-15-29-20(4)31-19-23(5,6)25(34-24(7,8)28-11,33-22(27-10)18-26-9)32-17-16-30-21(13-2)14-3/h20-22H,12-19H2,1-11H3/t20?,22?,25-/m0/s1. The molecule has 0 fully saturated rings. The Kier molecular flexibility index (Phi) is 17.0. The Morgan fingerprint density at radius 1 is 0.794 bits per heavy atom. The van der Waals surface area contributed by atoms with Gasteiger partial charge >= 0.3 is 0 Å². The average Bonchev–Trinajstić information content (AvgIpc) is 2.80. The number of ether oxygens (including phenoxy) is 9. The predicted octanol–water partition coefficient (Wildman–Crippen LogP) is 4.71. The monoisotopic (exact) mass is 496 g/mol. The third-order valence-corrected chi connectivity index (χ3v) is 5.43. The van der Waals surface area contributed by atoms with E-state index in [1.165, 1.54) is 7.11 Å². The van der Waals surface area contributed by atoms with Gasteiger partial charge in [-0.05, 0) is 53.9 Å². The highest BCUT2D eigenvalue weighted by Gasteiger charge is 2.54. The van der Waals surface area contributed by atoms with Crippen LogP contribution in [0.3, 0.4) is 0 Å². The van der Waals surface area contributed by atoms with E-state index in [-0.39, 0.29) is 25.9 Å². The van der Waals surface area contributed by atoms with Crippen LogP contribution >= 0.6 is 0 Å². The van der Waals surface area contributed by atoms with E-state index in [2.05, 4.69) is 20.8 Å². The molecule has 34 heavy (non-hydrogen) atoms. The van der Waals surface area contributed by atoms with Gasteiger partial charge in [0.25, 0.3) is 5.97 Å². The molecule has 206 valence electrons. The molecule has 0 rings (SSSR count). The van der Waals surface area contributed by atoms with Crippen molar-refractivity contribution in [2.75, 3.05) is 54.4 Å². The maximum Gasteiger partial charge on any atom is 0.295 e. The number of rotatable bonds is 22. The van der Waals surface area contributed by atoms with E-state index in [9.17, 15) is 0 Å². The molecule has 9 nitrogen and oxygen atoms in total. The zero-order valence-electron chi connectivity index (χ0n) is 23.6. The van der Waals surface area contributed by atoms with Gasteiger partial charge in [-0.25, -0.2) is 0 Å². The van der Waals surface area contributed by atoms with Crippen molar-refractivity contribution in [2.24, 2.45) is 5.41 Å². The van der Waals surface area contributed by atoms with Crippen molar-refractivity contribution in [1.82, 2.24) is 0 Å². The molecule has 0 aliphatic carbocycles. The Balaban J connectivity index is 5.93. The molecule has 0 saturated heterocycles. The minimum Gasteiger partial charge on any atom is -0.379 e. The Hall–Kier alpha value is -0.360. The second-order valence-electron chi connectivity index (χ2n) is 9.29. The van der Waals surface area contributed by atoms with E-state index in [1.807, 2.05) is 20.8 Å². The van der Waals surface area contributed by atoms with Crippen LogP contribution in [0.1, 0.15) is 74.7 Å². The van der Waals surface area contributed by atoms with Crippen molar-refractivity contribution in [2.45, 2.75) is 105 Å². The van der Waals surface area contributed by atoms with Gasteiger partial charge in [-0.1, -0.05) is 20.8 Å². The molecule has 0 aromatic carbocycles. The van der Waals surface area contributed by atoms with E-state index in [4.69, 9.17) is 42.6 Å². The van der Waals surface area contributed by atoms with E-state index >= 15 is 0 Å². The van der Waals surface area contributed by atoms with E-state index in [0.29, 0.717) is 13.2 Å². The van der Waals surface area contributed by atoms with Crippen LogP contribution in [-0.4, -0.2) is 84.8 Å². The maximum atomic E-state index is 6.41. The summed E-state index contributed by atoms with van der Waals surface area (Å²) in [6, 6.07) is 0. The van der Waals surface area contributed by atoms with Crippen LogP contribution in [0.2, 0.25) is 0 Å². The normalized spacial score (nSPS) is 16.6. The lowest BCUT2D eigenvalue weighted by Crippen LogP contribution is -2.60. The van der Waals surface area contributed by atoms with E-state index in [0.717, 1.165) is 19.3 Å². The zero-order valence-corrected chi connectivity index (χ0v) is 23.6. The van der Waals surface area contributed by atoms with Gasteiger partial charge in [-0.15, -0.1) is 0 Å². The topological polar surface area (TPSA) is 83.1 Å². The second kappa shape index (κ2) is 17.2. The summed E-state index contributed by atoms with van der Waals surface area (Å²) in [5, 5.41) is 0. The van der Waals surface area contributed by atoms with Crippen molar-refractivity contribution in [3.63, 3.8) is 0 Å². The fourth-order valence-electron chi connectivity index (χ4n) is 3.07. The summed E-state index contributed by atoms with van der Waals surface area (Å²) in [6.45, 7) is 17.2. The lowest BCUT2D eigenvalue weighted by atomic mass is 9.90. The van der Waals surface area contributed by atoms with Crippen molar-refractivity contribution in [1.29, 1.82) is 0 Å². The fraction of sp³-hybridized carbons (Fsp3) is 1.00. The lowest BCUT2D eigenvalue weighted by molar-refractivity contribution is -0.501. The van der Waals surface area contributed by atoms with Crippen LogP contribution in [0.15, 0.2) is 0 Å². The molecule has 3 atom stereocenters. The van der Waals surface area contributed by atoms with E-state index in [1.54, 1.807) is 28.1 Å². The third-order valence-electron chi connectivity index (χ3n) is 5.43. The lowest BCUT2D eigenvalue weighted by Gasteiger charge is -2.48. The first-order chi connectivity index (χ1) is 16.0. The number of methoxy groups -OCH3 is 3. The van der Waals surface area contributed by atoms with Gasteiger partial charge in [0.1, 0.15) is 0 Å². The van der Waals surface area contributed by atoms with Gasteiger partial charge in [0.2, 0.25) is 0 Å². The molecule has 2 unspecified atom stereocenters. The summed E-state index contributed by atoms with van der Waals surface area (Å²) in [5.41, 5.74) is -0.827. The van der Waals surface area contributed by atoms with Gasteiger partial charge in [0, 0.05) is 27.9 Å². The Labute approximate surface area is 208 Å². The summed E-state index contributed by atoms with van der Waals surface area (Å²) < 4.78 is 53.1. The highest BCUT2D eigenvalue weighted by Crippen LogP contribution is 2.41. The van der Waals surface area contributed by atoms with Crippen molar-refractivity contribution >= 4 is 0 Å². The summed E-state index contributed by atoms with van der Waals surface area (Å²) in [6.07, 6.45) is 1.78. The summed E-state index contributed by atoms with van der Waals surface area (Å²) >= 11 is 0. The number of hydrogen-bond acceptors (Lipinski definition) is 9. The molecule has 0 aromatic rings. The smallest absolute Gasteiger partial charge is 0.295 e. The van der Waals surface area contributed by atoms with Crippen molar-refractivity contribution in [3.05, 3.63) is 0 Å². The molecule has 0 N–H and O–H groups in total. The minimum atomic E-state index is -1.62. The van der Waals surface area contributed by atoms with Crippen LogP contribution in [-0.2, 0) is 42.6 Å². The molecule has 9 heteroatoms. The van der Waals surface area contributed by atoms with Gasteiger partial charge in [0.15, 0.2) is 18.4 Å².